The zero-order chi connectivity index (χ0) is 68.1. The van der Waals surface area contributed by atoms with Crippen molar-refractivity contribution in [1.82, 2.24) is 20.4 Å². The first-order chi connectivity index (χ1) is 46.1. The van der Waals surface area contributed by atoms with E-state index in [1.165, 1.54) is 231 Å². The van der Waals surface area contributed by atoms with Crippen LogP contribution in [0.1, 0.15) is 400 Å². The number of aliphatic hydroxyl groups excluding tert-OH is 4. The van der Waals surface area contributed by atoms with E-state index in [-0.39, 0.29) is 11.8 Å². The molecular weight excluding hydrogens is 1160 g/mol. The highest BCUT2D eigenvalue weighted by Gasteiger charge is 2.33. The predicted molar refractivity (Wildman–Crippen MR) is 408 cm³/mol. The summed E-state index contributed by atoms with van der Waals surface area (Å²) < 4.78 is 0. The first-order valence-corrected chi connectivity index (χ1v) is 41.5. The van der Waals surface area contributed by atoms with Crippen LogP contribution in [0, 0.1) is 0 Å². The van der Waals surface area contributed by atoms with Crippen molar-refractivity contribution >= 4 is 11.8 Å². The lowest BCUT2D eigenvalue weighted by atomic mass is 10.0. The molecule has 2 amide bonds. The highest BCUT2D eigenvalue weighted by Crippen LogP contribution is 2.19. The van der Waals surface area contributed by atoms with Crippen molar-refractivity contribution in [3.05, 3.63) is 48.6 Å². The predicted octanol–water partition coefficient (Wildman–Crippen LogP) is 21.9. The molecule has 0 saturated carbocycles. The molecule has 1 saturated heterocycles. The summed E-state index contributed by atoms with van der Waals surface area (Å²) in [7, 11) is 0. The lowest BCUT2D eigenvalue weighted by molar-refractivity contribution is -0.137. The number of carbonyl (C=O) groups excluding carboxylic acids is 2. The standard InChI is InChI=1S/C84H160N4O6/c1-5-9-13-17-21-25-29-33-37-41-45-49-53-57-65-77(89)73-87(74-78(90)66-58-54-50-46-42-38-34-30-26-22-18-14-10-6-2)71-63-61-69-81-83(93)86-82(84(94)85-81)70-62-64-72-88(75-79(91)67-59-55-51-47-43-39-35-31-27-23-19-15-11-7-3)76-80(92)68-60-56-52-48-44-40-36-32-28-24-20-16-12-8-4/h33-40,77-82,89-92H,5-32,41-76H2,1-4H3,(H,85,94)(H,86,93)/b37-33+,38-34+,39-35+,40-36+. The molecule has 0 bridgehead atoms. The molecule has 0 aromatic heterocycles. The van der Waals surface area contributed by atoms with E-state index in [1.54, 1.807) is 0 Å². The summed E-state index contributed by atoms with van der Waals surface area (Å²) >= 11 is 0. The number of carbonyl (C=O) groups is 2. The van der Waals surface area contributed by atoms with Crippen LogP contribution in [0.25, 0.3) is 0 Å². The summed E-state index contributed by atoms with van der Waals surface area (Å²) in [6.45, 7) is 12.7. The van der Waals surface area contributed by atoms with Gasteiger partial charge >= 0.3 is 0 Å². The third-order valence-electron chi connectivity index (χ3n) is 19.8. The summed E-state index contributed by atoms with van der Waals surface area (Å²) in [4.78, 5) is 31.5. The number of rotatable bonds is 74. The number of nitrogens with zero attached hydrogens (tertiary/aromatic N) is 2. The van der Waals surface area contributed by atoms with Crippen molar-refractivity contribution in [1.29, 1.82) is 0 Å². The summed E-state index contributed by atoms with van der Waals surface area (Å²) in [5.41, 5.74) is 0. The maximum absolute atomic E-state index is 13.5. The van der Waals surface area contributed by atoms with E-state index in [4.69, 9.17) is 0 Å². The van der Waals surface area contributed by atoms with Gasteiger partial charge in [0.2, 0.25) is 11.8 Å². The Morgan fingerprint density at radius 1 is 0.277 bits per heavy atom. The van der Waals surface area contributed by atoms with Crippen LogP contribution in [0.2, 0.25) is 0 Å². The Balaban J connectivity index is 2.67. The lowest BCUT2D eigenvalue weighted by Gasteiger charge is -2.31. The number of nitrogens with one attached hydrogen (secondary N) is 2. The largest absolute Gasteiger partial charge is 0.392 e. The van der Waals surface area contributed by atoms with Crippen LogP contribution >= 0.6 is 0 Å². The average molecular weight is 1320 g/mol. The summed E-state index contributed by atoms with van der Waals surface area (Å²) in [6, 6.07) is -1.13. The summed E-state index contributed by atoms with van der Waals surface area (Å²) in [5.74, 6) is -0.234. The van der Waals surface area contributed by atoms with Crippen molar-refractivity contribution in [2.24, 2.45) is 0 Å². The number of piperazine rings is 1. The number of aliphatic hydroxyl groups is 4. The Bertz CT molecular complexity index is 1510. The van der Waals surface area contributed by atoms with Crippen molar-refractivity contribution in [2.45, 2.75) is 437 Å². The SMILES string of the molecule is CCCCCCCC/C=C/CCCCCCC(O)CN(CCCCC1NC(=O)C(CCCCN(CC(O)CCCCCC/C=C/CCCCCCCC)CC(O)CCCCCC/C=C/CCCCCCCC)NC1=O)CC(O)CCCCCC/C=C/CCCCCCCC. The Morgan fingerprint density at radius 2 is 0.468 bits per heavy atom. The van der Waals surface area contributed by atoms with Crippen LogP contribution in [0.15, 0.2) is 48.6 Å². The van der Waals surface area contributed by atoms with Gasteiger partial charge in [-0.1, -0.05) is 282 Å². The quantitative estimate of drug-likeness (QED) is 0.0261. The molecule has 552 valence electrons. The van der Waals surface area contributed by atoms with Gasteiger partial charge in [0.25, 0.3) is 0 Å². The van der Waals surface area contributed by atoms with Gasteiger partial charge in [-0.15, -0.1) is 0 Å². The van der Waals surface area contributed by atoms with Crippen LogP contribution < -0.4 is 10.6 Å². The molecule has 6 N–H and O–H groups in total. The monoisotopic (exact) mass is 1320 g/mol. The molecule has 94 heavy (non-hydrogen) atoms. The minimum absolute atomic E-state index is 0.117. The van der Waals surface area contributed by atoms with E-state index in [1.807, 2.05) is 0 Å². The molecule has 1 rings (SSSR count). The molecule has 10 nitrogen and oxygen atoms in total. The molecule has 0 radical (unpaired) electrons. The highest BCUT2D eigenvalue weighted by molar-refractivity contribution is 5.96. The second kappa shape index (κ2) is 70.5. The van der Waals surface area contributed by atoms with Gasteiger partial charge < -0.3 is 31.1 Å². The van der Waals surface area contributed by atoms with Crippen molar-refractivity contribution in [3.63, 3.8) is 0 Å². The van der Waals surface area contributed by atoms with Crippen LogP contribution in [0.3, 0.4) is 0 Å². The van der Waals surface area contributed by atoms with Crippen LogP contribution in [-0.2, 0) is 9.59 Å². The second-order valence-corrected chi connectivity index (χ2v) is 29.3. The summed E-state index contributed by atoms with van der Waals surface area (Å²) in [5, 5.41) is 51.2. The summed E-state index contributed by atoms with van der Waals surface area (Å²) in [6.07, 6.45) is 84.2. The number of allylic oxidation sites excluding steroid dienone is 8. The lowest BCUT2D eigenvalue weighted by Crippen LogP contribution is -2.61. The molecule has 10 heteroatoms. The highest BCUT2D eigenvalue weighted by atomic mass is 16.3. The first kappa shape index (κ1) is 89.7. The molecule has 1 fully saturated rings. The number of unbranched alkanes of at least 4 members (excludes halogenated alkanes) is 42. The van der Waals surface area contributed by atoms with Crippen molar-refractivity contribution < 1.29 is 30.0 Å². The molecular formula is C84H160N4O6. The molecule has 0 aromatic carbocycles. The smallest absolute Gasteiger partial charge is 0.243 e. The molecule has 6 unspecified atom stereocenters. The molecule has 6 atom stereocenters. The van der Waals surface area contributed by atoms with Crippen molar-refractivity contribution in [3.8, 4) is 0 Å². The van der Waals surface area contributed by atoms with E-state index < -0.39 is 36.5 Å². The minimum atomic E-state index is -0.563. The Hall–Kier alpha value is -2.34. The molecule has 0 aromatic rings. The van der Waals surface area contributed by atoms with Gasteiger partial charge in [-0.2, -0.15) is 0 Å². The fourth-order valence-electron chi connectivity index (χ4n) is 13.6. The topological polar surface area (TPSA) is 146 Å². The van der Waals surface area contributed by atoms with E-state index in [0.29, 0.717) is 39.0 Å². The first-order valence-electron chi connectivity index (χ1n) is 41.5. The number of hydrogen-bond donors (Lipinski definition) is 6. The van der Waals surface area contributed by atoms with Gasteiger partial charge in [0, 0.05) is 26.2 Å². The molecule has 0 aliphatic carbocycles. The van der Waals surface area contributed by atoms with Gasteiger partial charge in [0.05, 0.1) is 24.4 Å². The molecule has 1 heterocycles. The van der Waals surface area contributed by atoms with E-state index in [9.17, 15) is 30.0 Å². The zero-order valence-electron chi connectivity index (χ0n) is 62.8. The van der Waals surface area contributed by atoms with Gasteiger partial charge in [-0.25, -0.2) is 0 Å². The van der Waals surface area contributed by atoms with Crippen LogP contribution in [0.4, 0.5) is 0 Å². The minimum Gasteiger partial charge on any atom is -0.392 e. The maximum Gasteiger partial charge on any atom is 0.243 e. The van der Waals surface area contributed by atoms with Gasteiger partial charge in [0.15, 0.2) is 0 Å². The third-order valence-corrected chi connectivity index (χ3v) is 19.8. The maximum atomic E-state index is 13.5. The molecule has 0 spiro atoms. The van der Waals surface area contributed by atoms with E-state index in [2.05, 4.69) is 96.7 Å². The van der Waals surface area contributed by atoms with E-state index >= 15 is 0 Å². The van der Waals surface area contributed by atoms with Crippen molar-refractivity contribution in [2.75, 3.05) is 39.3 Å². The fourth-order valence-corrected chi connectivity index (χ4v) is 13.6. The third kappa shape index (κ3) is 60.8. The number of amides is 2. The Morgan fingerprint density at radius 3 is 0.681 bits per heavy atom. The van der Waals surface area contributed by atoms with Gasteiger partial charge in [-0.3, -0.25) is 19.4 Å². The zero-order valence-corrected chi connectivity index (χ0v) is 62.8. The van der Waals surface area contributed by atoms with Crippen LogP contribution in [-0.4, -0.2) is 118 Å². The van der Waals surface area contributed by atoms with Crippen LogP contribution in [0.5, 0.6) is 0 Å². The van der Waals surface area contributed by atoms with Gasteiger partial charge in [0.1, 0.15) is 12.1 Å². The molecule has 1 aliphatic heterocycles. The van der Waals surface area contributed by atoms with E-state index in [0.717, 1.165) is 142 Å². The fraction of sp³-hybridized carbons (Fsp3) is 0.881. The second-order valence-electron chi connectivity index (χ2n) is 29.3. The molecule has 1 aliphatic rings. The Kier molecular flexibility index (Phi) is 67.3. The van der Waals surface area contributed by atoms with Gasteiger partial charge in [-0.05, 0) is 180 Å². The Labute approximate surface area is 583 Å². The average Bonchev–Trinajstić information content (AvgIpc) is 0.942. The normalized spacial score (nSPS) is 16.1. The number of hydrogen-bond acceptors (Lipinski definition) is 8.